The smallest absolute Gasteiger partial charge is 0.271 e. The lowest BCUT2D eigenvalue weighted by Crippen LogP contribution is -1.98. The van der Waals surface area contributed by atoms with Crippen molar-refractivity contribution in [2.24, 2.45) is 0 Å². The molecule has 0 saturated carbocycles. The Bertz CT molecular complexity index is 488. The Hall–Kier alpha value is -2.55. The highest BCUT2D eigenvalue weighted by Gasteiger charge is 2.15. The van der Waals surface area contributed by atoms with Crippen LogP contribution in [0.1, 0.15) is 26.3 Å². The molecule has 0 bridgehead atoms. The van der Waals surface area contributed by atoms with Gasteiger partial charge in [0, 0.05) is 23.3 Å². The molecule has 0 aliphatic heterocycles. The van der Waals surface area contributed by atoms with Gasteiger partial charge in [-0.2, -0.15) is 5.26 Å². The molecule has 6 nitrogen and oxygen atoms in total. The van der Waals surface area contributed by atoms with Crippen LogP contribution in [0.5, 0.6) is 0 Å². The fourth-order valence-electron chi connectivity index (χ4n) is 1.09. The Balaban J connectivity index is 3.58. The summed E-state index contributed by atoms with van der Waals surface area (Å²) >= 11 is 0. The van der Waals surface area contributed by atoms with Gasteiger partial charge in [0.15, 0.2) is 12.6 Å². The molecule has 0 unspecified atom stereocenters. The van der Waals surface area contributed by atoms with Crippen LogP contribution in [0.3, 0.4) is 0 Å². The molecule has 1 aromatic carbocycles. The van der Waals surface area contributed by atoms with E-state index in [9.17, 15) is 19.7 Å². The van der Waals surface area contributed by atoms with Crippen molar-refractivity contribution < 1.29 is 14.5 Å². The Morgan fingerprint density at radius 3 is 2.40 bits per heavy atom. The van der Waals surface area contributed by atoms with E-state index < -0.39 is 4.92 Å². The van der Waals surface area contributed by atoms with Crippen LogP contribution in [-0.4, -0.2) is 17.5 Å². The van der Waals surface area contributed by atoms with Gasteiger partial charge in [0.25, 0.3) is 5.69 Å². The molecule has 0 fully saturated rings. The number of nitro groups is 1. The van der Waals surface area contributed by atoms with Crippen LogP contribution in [0.2, 0.25) is 0 Å². The van der Waals surface area contributed by atoms with Crippen LogP contribution in [0, 0.1) is 21.4 Å². The fourth-order valence-corrected chi connectivity index (χ4v) is 1.09. The first kappa shape index (κ1) is 10.5. The van der Waals surface area contributed by atoms with Crippen molar-refractivity contribution in [1.29, 1.82) is 5.26 Å². The zero-order valence-corrected chi connectivity index (χ0v) is 7.34. The van der Waals surface area contributed by atoms with Crippen molar-refractivity contribution in [1.82, 2.24) is 0 Å². The second-order valence-electron chi connectivity index (χ2n) is 2.60. The Morgan fingerprint density at radius 1 is 1.33 bits per heavy atom. The minimum Gasteiger partial charge on any atom is -0.298 e. The van der Waals surface area contributed by atoms with E-state index in [0.717, 1.165) is 12.1 Å². The molecular formula is C9H4N2O4. The van der Waals surface area contributed by atoms with E-state index in [4.69, 9.17) is 5.26 Å². The van der Waals surface area contributed by atoms with Crippen molar-refractivity contribution in [3.63, 3.8) is 0 Å². The molecule has 0 spiro atoms. The molecule has 0 aliphatic carbocycles. The van der Waals surface area contributed by atoms with Crippen molar-refractivity contribution in [2.45, 2.75) is 0 Å². The van der Waals surface area contributed by atoms with Gasteiger partial charge in [-0.05, 0) is 0 Å². The van der Waals surface area contributed by atoms with Crippen molar-refractivity contribution >= 4 is 18.3 Å². The van der Waals surface area contributed by atoms with Crippen LogP contribution in [0.4, 0.5) is 5.69 Å². The maximum atomic E-state index is 10.6. The predicted octanol–water partition coefficient (Wildman–Crippen LogP) is 1.09. The van der Waals surface area contributed by atoms with Crippen molar-refractivity contribution in [3.8, 4) is 6.07 Å². The predicted molar refractivity (Wildman–Crippen MR) is 48.6 cm³/mol. The first-order chi connectivity index (χ1) is 7.13. The molecule has 0 saturated heterocycles. The summed E-state index contributed by atoms with van der Waals surface area (Å²) < 4.78 is 0. The van der Waals surface area contributed by atoms with E-state index in [-0.39, 0.29) is 22.4 Å². The molecule has 1 aromatic rings. The third-order valence-electron chi connectivity index (χ3n) is 1.77. The summed E-state index contributed by atoms with van der Waals surface area (Å²) in [6.45, 7) is 0. The van der Waals surface area contributed by atoms with Gasteiger partial charge in [-0.25, -0.2) is 0 Å². The number of aldehydes is 2. The highest BCUT2D eigenvalue weighted by Crippen LogP contribution is 2.19. The Labute approximate surface area is 83.9 Å². The zero-order valence-electron chi connectivity index (χ0n) is 7.34. The molecule has 0 aliphatic rings. The summed E-state index contributed by atoms with van der Waals surface area (Å²) in [7, 11) is 0. The second-order valence-corrected chi connectivity index (χ2v) is 2.60. The summed E-state index contributed by atoms with van der Waals surface area (Å²) in [5, 5.41) is 19.1. The van der Waals surface area contributed by atoms with Gasteiger partial charge in [-0.3, -0.25) is 19.7 Å². The highest BCUT2D eigenvalue weighted by molar-refractivity contribution is 5.93. The van der Waals surface area contributed by atoms with Crippen LogP contribution in [-0.2, 0) is 0 Å². The lowest BCUT2D eigenvalue weighted by atomic mass is 10.0. The Kier molecular flexibility index (Phi) is 2.88. The van der Waals surface area contributed by atoms with E-state index in [1.54, 1.807) is 6.07 Å². The maximum Gasteiger partial charge on any atom is 0.271 e. The third-order valence-corrected chi connectivity index (χ3v) is 1.77. The topological polar surface area (TPSA) is 101 Å². The number of hydrogen-bond acceptors (Lipinski definition) is 5. The molecular weight excluding hydrogens is 200 g/mol. The number of hydrogen-bond donors (Lipinski definition) is 0. The molecule has 74 valence electrons. The molecule has 0 atom stereocenters. The van der Waals surface area contributed by atoms with Gasteiger partial charge >= 0.3 is 0 Å². The quantitative estimate of drug-likeness (QED) is 0.416. The van der Waals surface area contributed by atoms with Gasteiger partial charge in [0.05, 0.1) is 10.5 Å². The van der Waals surface area contributed by atoms with Crippen molar-refractivity contribution in [3.05, 3.63) is 38.9 Å². The second kappa shape index (κ2) is 4.11. The van der Waals surface area contributed by atoms with Gasteiger partial charge in [-0.15, -0.1) is 0 Å². The van der Waals surface area contributed by atoms with Gasteiger partial charge in [-0.1, -0.05) is 0 Å². The summed E-state index contributed by atoms with van der Waals surface area (Å²) in [6.07, 6.45) is 0.629. The number of nitro benzene ring substituents is 1. The SMILES string of the molecule is N#Cc1cc([N+](=O)[O-])cc(C=O)c1C=O. The molecule has 1 rings (SSSR count). The minimum atomic E-state index is -0.734. The number of carbonyl (C=O) groups is 2. The molecule has 0 aromatic heterocycles. The number of nitrogens with zero attached hydrogens (tertiary/aromatic N) is 2. The molecule has 0 amide bonds. The number of carbonyl (C=O) groups excluding carboxylic acids is 2. The Morgan fingerprint density at radius 2 is 2.00 bits per heavy atom. The van der Waals surface area contributed by atoms with E-state index >= 15 is 0 Å². The van der Waals surface area contributed by atoms with Crippen LogP contribution >= 0.6 is 0 Å². The first-order valence-electron chi connectivity index (χ1n) is 3.77. The number of nitriles is 1. The lowest BCUT2D eigenvalue weighted by molar-refractivity contribution is -0.384. The van der Waals surface area contributed by atoms with E-state index in [0.29, 0.717) is 12.6 Å². The van der Waals surface area contributed by atoms with Gasteiger partial charge in [0.2, 0.25) is 0 Å². The van der Waals surface area contributed by atoms with Crippen LogP contribution < -0.4 is 0 Å². The maximum absolute atomic E-state index is 10.6. The summed E-state index contributed by atoms with van der Waals surface area (Å²) in [6, 6.07) is 3.53. The largest absolute Gasteiger partial charge is 0.298 e. The number of benzene rings is 1. The number of rotatable bonds is 3. The first-order valence-corrected chi connectivity index (χ1v) is 3.77. The van der Waals surface area contributed by atoms with E-state index in [1.807, 2.05) is 0 Å². The number of non-ortho nitro benzene ring substituents is 1. The minimum absolute atomic E-state index is 0.127. The average Bonchev–Trinajstić information content (AvgIpc) is 2.26. The van der Waals surface area contributed by atoms with Crippen molar-refractivity contribution in [2.75, 3.05) is 0 Å². The summed E-state index contributed by atoms with van der Waals surface area (Å²) in [5.74, 6) is 0. The third kappa shape index (κ3) is 1.86. The van der Waals surface area contributed by atoms with Crippen LogP contribution in [0.15, 0.2) is 12.1 Å². The van der Waals surface area contributed by atoms with E-state index in [2.05, 4.69) is 0 Å². The summed E-state index contributed by atoms with van der Waals surface area (Å²) in [4.78, 5) is 30.8. The standard InChI is InChI=1S/C9H4N2O4/c10-3-6-1-8(11(14)15)2-7(4-12)9(6)5-13/h1-2,4-5H. The molecule has 0 radical (unpaired) electrons. The summed E-state index contributed by atoms with van der Waals surface area (Å²) in [5.41, 5.74) is -0.852. The molecule has 15 heavy (non-hydrogen) atoms. The van der Waals surface area contributed by atoms with Gasteiger partial charge in [0.1, 0.15) is 6.07 Å². The van der Waals surface area contributed by atoms with Crippen LogP contribution in [0.25, 0.3) is 0 Å². The average molecular weight is 204 g/mol. The normalized spacial score (nSPS) is 9.00. The monoisotopic (exact) mass is 204 g/mol. The zero-order chi connectivity index (χ0) is 11.4. The molecule has 6 heteroatoms. The molecule has 0 heterocycles. The lowest BCUT2D eigenvalue weighted by Gasteiger charge is -1.99. The van der Waals surface area contributed by atoms with E-state index in [1.165, 1.54) is 0 Å². The van der Waals surface area contributed by atoms with Gasteiger partial charge < -0.3 is 0 Å². The highest BCUT2D eigenvalue weighted by atomic mass is 16.6. The fraction of sp³-hybridized carbons (Fsp3) is 0. The molecule has 0 N–H and O–H groups in total.